The third-order valence-electron chi connectivity index (χ3n) is 2.56. The van der Waals surface area contributed by atoms with E-state index < -0.39 is 0 Å². The Labute approximate surface area is 110 Å². The molecular formula is C14H12N4O. The molecule has 0 aliphatic heterocycles. The number of anilines is 3. The molecule has 1 aromatic heterocycles. The van der Waals surface area contributed by atoms with Gasteiger partial charge in [0.25, 0.3) is 0 Å². The Morgan fingerprint density at radius 3 is 2.89 bits per heavy atom. The van der Waals surface area contributed by atoms with E-state index in [9.17, 15) is 4.79 Å². The first-order chi connectivity index (χ1) is 9.10. The summed E-state index contributed by atoms with van der Waals surface area (Å²) in [5, 5.41) is 12.0. The van der Waals surface area contributed by atoms with E-state index in [0.717, 1.165) is 0 Å². The van der Waals surface area contributed by atoms with Crippen LogP contribution in [0, 0.1) is 11.3 Å². The van der Waals surface area contributed by atoms with Gasteiger partial charge in [-0.1, -0.05) is 12.1 Å². The third kappa shape index (κ3) is 2.87. The third-order valence-corrected chi connectivity index (χ3v) is 2.56. The Morgan fingerprint density at radius 1 is 1.42 bits per heavy atom. The number of hydrogen-bond acceptors (Lipinski definition) is 5. The minimum Gasteiger partial charge on any atom is -0.397 e. The zero-order chi connectivity index (χ0) is 13.8. The minimum absolute atomic E-state index is 0.0191. The van der Waals surface area contributed by atoms with Crippen molar-refractivity contribution in [2.75, 3.05) is 11.1 Å². The molecule has 19 heavy (non-hydrogen) atoms. The lowest BCUT2D eigenvalue weighted by molar-refractivity contribution is 0.101. The van der Waals surface area contributed by atoms with Crippen LogP contribution in [0.1, 0.15) is 22.8 Å². The first kappa shape index (κ1) is 12.6. The van der Waals surface area contributed by atoms with Crippen molar-refractivity contribution in [1.82, 2.24) is 4.98 Å². The summed E-state index contributed by atoms with van der Waals surface area (Å²) in [6.07, 6.45) is 1.47. The lowest BCUT2D eigenvalue weighted by atomic mass is 10.1. The fourth-order valence-corrected chi connectivity index (χ4v) is 1.62. The molecule has 0 fully saturated rings. The summed E-state index contributed by atoms with van der Waals surface area (Å²) in [4.78, 5) is 15.4. The van der Waals surface area contributed by atoms with Gasteiger partial charge in [-0.25, -0.2) is 4.98 Å². The number of aromatic nitrogens is 1. The highest BCUT2D eigenvalue weighted by atomic mass is 16.1. The van der Waals surface area contributed by atoms with Gasteiger partial charge in [-0.2, -0.15) is 5.26 Å². The van der Waals surface area contributed by atoms with Crippen molar-refractivity contribution < 1.29 is 4.79 Å². The maximum atomic E-state index is 11.3. The predicted molar refractivity (Wildman–Crippen MR) is 73.1 cm³/mol. The van der Waals surface area contributed by atoms with Crippen LogP contribution in [0.15, 0.2) is 36.5 Å². The molecule has 0 saturated carbocycles. The van der Waals surface area contributed by atoms with Gasteiger partial charge in [0, 0.05) is 11.3 Å². The monoisotopic (exact) mass is 252 g/mol. The first-order valence-electron chi connectivity index (χ1n) is 5.64. The second kappa shape index (κ2) is 5.19. The van der Waals surface area contributed by atoms with Gasteiger partial charge in [-0.15, -0.1) is 0 Å². The summed E-state index contributed by atoms with van der Waals surface area (Å²) in [6.45, 7) is 1.50. The number of ketones is 1. The number of hydrogen-bond donors (Lipinski definition) is 2. The second-order valence-electron chi connectivity index (χ2n) is 4.04. The van der Waals surface area contributed by atoms with Crippen molar-refractivity contribution in [1.29, 1.82) is 5.26 Å². The number of carbonyl (C=O) groups is 1. The molecule has 1 heterocycles. The Morgan fingerprint density at radius 2 is 2.21 bits per heavy atom. The van der Waals surface area contributed by atoms with Crippen LogP contribution in [0.2, 0.25) is 0 Å². The Balaban J connectivity index is 2.34. The number of nitrogens with two attached hydrogens (primary N) is 1. The van der Waals surface area contributed by atoms with Crippen LogP contribution in [0.5, 0.6) is 0 Å². The largest absolute Gasteiger partial charge is 0.397 e. The number of rotatable bonds is 3. The van der Waals surface area contributed by atoms with E-state index in [0.29, 0.717) is 28.3 Å². The summed E-state index contributed by atoms with van der Waals surface area (Å²) in [5.41, 5.74) is 7.65. The lowest BCUT2D eigenvalue weighted by Crippen LogP contribution is -2.00. The van der Waals surface area contributed by atoms with Gasteiger partial charge in [-0.05, 0) is 25.1 Å². The molecule has 0 radical (unpaired) electrons. The topological polar surface area (TPSA) is 91.8 Å². The highest BCUT2D eigenvalue weighted by Crippen LogP contribution is 2.20. The van der Waals surface area contributed by atoms with E-state index in [2.05, 4.69) is 10.3 Å². The van der Waals surface area contributed by atoms with Gasteiger partial charge in [0.2, 0.25) is 0 Å². The molecule has 94 valence electrons. The van der Waals surface area contributed by atoms with Crippen LogP contribution in [0.3, 0.4) is 0 Å². The highest BCUT2D eigenvalue weighted by Gasteiger charge is 2.06. The number of nitrogen functional groups attached to an aromatic ring is 1. The van der Waals surface area contributed by atoms with Crippen LogP contribution >= 0.6 is 0 Å². The molecular weight excluding hydrogens is 240 g/mol. The fraction of sp³-hybridized carbons (Fsp3) is 0.0714. The van der Waals surface area contributed by atoms with E-state index in [1.807, 2.05) is 6.07 Å². The zero-order valence-corrected chi connectivity index (χ0v) is 10.3. The Bertz CT molecular complexity index is 673. The van der Waals surface area contributed by atoms with Crippen molar-refractivity contribution in [3.05, 3.63) is 47.7 Å². The molecule has 3 N–H and O–H groups in total. The molecule has 0 saturated heterocycles. The predicted octanol–water partition coefficient (Wildman–Crippen LogP) is 2.48. The van der Waals surface area contributed by atoms with E-state index >= 15 is 0 Å². The van der Waals surface area contributed by atoms with E-state index in [4.69, 9.17) is 11.0 Å². The Kier molecular flexibility index (Phi) is 3.44. The molecule has 0 spiro atoms. The zero-order valence-electron chi connectivity index (χ0n) is 10.3. The maximum absolute atomic E-state index is 11.3. The van der Waals surface area contributed by atoms with Crippen LogP contribution < -0.4 is 11.1 Å². The van der Waals surface area contributed by atoms with Gasteiger partial charge in [0.15, 0.2) is 5.78 Å². The van der Waals surface area contributed by atoms with Crippen molar-refractivity contribution in [2.45, 2.75) is 6.92 Å². The standard InChI is InChI=1S/C14H12N4O/c1-9(19)10-3-2-4-13(6-10)18-14-11(7-15)5-12(16)8-17-14/h2-6,8H,16H2,1H3,(H,17,18). The number of nitrogens with one attached hydrogen (secondary N) is 1. The van der Waals surface area contributed by atoms with Gasteiger partial charge in [0.05, 0.1) is 17.4 Å². The minimum atomic E-state index is -0.0191. The lowest BCUT2D eigenvalue weighted by Gasteiger charge is -2.08. The van der Waals surface area contributed by atoms with Crippen molar-refractivity contribution in [2.24, 2.45) is 0 Å². The van der Waals surface area contributed by atoms with Crippen molar-refractivity contribution in [3.8, 4) is 6.07 Å². The number of benzene rings is 1. The molecule has 5 nitrogen and oxygen atoms in total. The van der Waals surface area contributed by atoms with Crippen LogP contribution in [-0.4, -0.2) is 10.8 Å². The smallest absolute Gasteiger partial charge is 0.159 e. The number of Topliss-reactive ketones (excluding diaryl/α,β-unsaturated/α-hetero) is 1. The summed E-state index contributed by atoms with van der Waals surface area (Å²) < 4.78 is 0. The van der Waals surface area contributed by atoms with E-state index in [-0.39, 0.29) is 5.78 Å². The number of carbonyl (C=O) groups excluding carboxylic acids is 1. The molecule has 0 atom stereocenters. The molecule has 2 rings (SSSR count). The molecule has 0 aliphatic rings. The summed E-state index contributed by atoms with van der Waals surface area (Å²) in [6, 6.07) is 10.6. The molecule has 0 aliphatic carbocycles. The van der Waals surface area contributed by atoms with Crippen molar-refractivity contribution >= 4 is 23.0 Å². The van der Waals surface area contributed by atoms with Gasteiger partial charge >= 0.3 is 0 Å². The fourth-order valence-electron chi connectivity index (χ4n) is 1.62. The highest BCUT2D eigenvalue weighted by molar-refractivity contribution is 5.95. The summed E-state index contributed by atoms with van der Waals surface area (Å²) in [7, 11) is 0. The molecule has 5 heteroatoms. The summed E-state index contributed by atoms with van der Waals surface area (Å²) >= 11 is 0. The molecule has 0 unspecified atom stereocenters. The molecule has 0 amide bonds. The maximum Gasteiger partial charge on any atom is 0.159 e. The van der Waals surface area contributed by atoms with E-state index in [1.165, 1.54) is 13.1 Å². The average Bonchev–Trinajstić information content (AvgIpc) is 2.41. The Hall–Kier alpha value is -2.87. The molecule has 1 aromatic carbocycles. The van der Waals surface area contributed by atoms with Gasteiger partial charge in [-0.3, -0.25) is 4.79 Å². The molecule has 0 bridgehead atoms. The second-order valence-corrected chi connectivity index (χ2v) is 4.04. The number of nitriles is 1. The first-order valence-corrected chi connectivity index (χ1v) is 5.64. The van der Waals surface area contributed by atoms with Crippen LogP contribution in [0.25, 0.3) is 0 Å². The van der Waals surface area contributed by atoms with Gasteiger partial charge < -0.3 is 11.1 Å². The quantitative estimate of drug-likeness (QED) is 0.819. The average molecular weight is 252 g/mol. The normalized spacial score (nSPS) is 9.68. The molecule has 2 aromatic rings. The number of nitrogens with zero attached hydrogens (tertiary/aromatic N) is 2. The summed E-state index contributed by atoms with van der Waals surface area (Å²) in [5.74, 6) is 0.395. The van der Waals surface area contributed by atoms with Gasteiger partial charge in [0.1, 0.15) is 11.9 Å². The number of pyridine rings is 1. The van der Waals surface area contributed by atoms with Crippen LogP contribution in [-0.2, 0) is 0 Å². The van der Waals surface area contributed by atoms with Crippen LogP contribution in [0.4, 0.5) is 17.2 Å². The van der Waals surface area contributed by atoms with E-state index in [1.54, 1.807) is 30.3 Å². The van der Waals surface area contributed by atoms with Crippen molar-refractivity contribution in [3.63, 3.8) is 0 Å². The SMILES string of the molecule is CC(=O)c1cccc(Nc2ncc(N)cc2C#N)c1.